The number of carbonyl (C=O) groups excluding carboxylic acids is 1. The van der Waals surface area contributed by atoms with Crippen LogP contribution in [0, 0.1) is 11.8 Å². The number of nitrogens with one attached hydrogen (secondary N) is 1. The molecule has 1 amide bonds. The maximum Gasteiger partial charge on any atom is 0.230 e. The molecule has 0 saturated carbocycles. The Hall–Kier alpha value is -4.47. The van der Waals surface area contributed by atoms with Crippen molar-refractivity contribution in [3.8, 4) is 17.5 Å². The summed E-state index contributed by atoms with van der Waals surface area (Å²) in [5, 5.41) is 12.9. The van der Waals surface area contributed by atoms with Crippen molar-refractivity contribution in [1.29, 1.82) is 0 Å². The second-order valence-electron chi connectivity index (χ2n) is 7.60. The summed E-state index contributed by atoms with van der Waals surface area (Å²) in [6.07, 6.45) is 5.44. The van der Waals surface area contributed by atoms with E-state index in [9.17, 15) is 9.90 Å². The van der Waals surface area contributed by atoms with Crippen molar-refractivity contribution in [3.05, 3.63) is 108 Å². The van der Waals surface area contributed by atoms with Crippen LogP contribution in [0.4, 0.5) is 11.4 Å². The Balaban J connectivity index is 1.55. The fraction of sp³-hybridized carbons (Fsp3) is 0.0741. The largest absolute Gasteiger partial charge is 0.392 e. The molecule has 0 spiro atoms. The van der Waals surface area contributed by atoms with Gasteiger partial charge in [0.05, 0.1) is 36.4 Å². The quantitative estimate of drug-likeness (QED) is 0.476. The maximum absolute atomic E-state index is 12.7. The molecule has 1 aliphatic rings. The summed E-state index contributed by atoms with van der Waals surface area (Å²) in [5.41, 5.74) is 5.79. The molecule has 0 saturated heterocycles. The lowest BCUT2D eigenvalue weighted by molar-refractivity contribution is -0.115. The van der Waals surface area contributed by atoms with Crippen LogP contribution in [-0.4, -0.2) is 26.3 Å². The number of carbonyl (C=O) groups is 1. The number of anilines is 1. The average molecular weight is 432 g/mol. The monoisotopic (exact) mass is 432 g/mol. The van der Waals surface area contributed by atoms with E-state index in [-0.39, 0.29) is 18.9 Å². The van der Waals surface area contributed by atoms with E-state index in [1.54, 1.807) is 24.7 Å². The van der Waals surface area contributed by atoms with Gasteiger partial charge in [0.1, 0.15) is 0 Å². The van der Waals surface area contributed by atoms with Crippen LogP contribution in [-0.2, 0) is 11.4 Å². The number of imidazole rings is 1. The van der Waals surface area contributed by atoms with Gasteiger partial charge in [0.15, 0.2) is 0 Å². The molecule has 33 heavy (non-hydrogen) atoms. The molecule has 0 aliphatic carbocycles. The molecule has 2 N–H and O–H groups in total. The Morgan fingerprint density at radius 3 is 2.70 bits per heavy atom. The molecule has 2 heterocycles. The highest BCUT2D eigenvalue weighted by atomic mass is 16.3. The number of aliphatic hydroxyl groups is 1. The van der Waals surface area contributed by atoms with Crippen molar-refractivity contribution in [2.75, 3.05) is 5.32 Å². The molecular formula is C27H20N4O2. The molecule has 5 rings (SSSR count). The Labute approximate surface area is 191 Å². The number of rotatable bonds is 3. The van der Waals surface area contributed by atoms with E-state index < -0.39 is 0 Å². The number of aliphatic imine (C=N–C) groups is 1. The van der Waals surface area contributed by atoms with E-state index >= 15 is 0 Å². The lowest BCUT2D eigenvalue weighted by Crippen LogP contribution is -2.15. The zero-order valence-corrected chi connectivity index (χ0v) is 17.7. The average Bonchev–Trinajstić information content (AvgIpc) is 3.33. The van der Waals surface area contributed by atoms with Gasteiger partial charge in [0, 0.05) is 29.2 Å². The highest BCUT2D eigenvalue weighted by Gasteiger charge is 2.19. The number of hydrogen-bond donors (Lipinski definition) is 2. The van der Waals surface area contributed by atoms with Crippen LogP contribution in [0.1, 0.15) is 28.7 Å². The highest BCUT2D eigenvalue weighted by molar-refractivity contribution is 6.17. The molecule has 6 nitrogen and oxygen atoms in total. The molecule has 1 aliphatic heterocycles. The molecule has 0 radical (unpaired) electrons. The van der Waals surface area contributed by atoms with E-state index in [2.05, 4.69) is 22.1 Å². The Bertz CT molecular complexity index is 1410. The minimum absolute atomic E-state index is 0.140. The molecule has 4 aromatic rings. The first-order chi connectivity index (χ1) is 16.2. The van der Waals surface area contributed by atoms with Crippen molar-refractivity contribution in [2.45, 2.75) is 13.0 Å². The van der Waals surface area contributed by atoms with E-state index in [0.29, 0.717) is 28.2 Å². The van der Waals surface area contributed by atoms with Gasteiger partial charge in [-0.3, -0.25) is 9.79 Å². The summed E-state index contributed by atoms with van der Waals surface area (Å²) in [7, 11) is 0. The summed E-state index contributed by atoms with van der Waals surface area (Å²) < 4.78 is 1.90. The third-order valence-corrected chi connectivity index (χ3v) is 5.35. The number of amides is 1. The molecule has 3 aromatic carbocycles. The standard InChI is InChI=1S/C27H20N4O2/c32-17-22-15-25-26(14-20(22)10-9-19-5-2-1-3-6-19)30-27(33)16-24(29-25)21-7-4-8-23(13-21)31-12-11-28-18-31/h1-8,11-15,18,32H,16-17H2,(H,30,33). The first kappa shape index (κ1) is 20.4. The van der Waals surface area contributed by atoms with Gasteiger partial charge in [0.25, 0.3) is 0 Å². The van der Waals surface area contributed by atoms with Crippen LogP contribution in [0.2, 0.25) is 0 Å². The van der Waals surface area contributed by atoms with Crippen LogP contribution in [0.15, 0.2) is 90.4 Å². The SMILES string of the molecule is O=C1CC(c2cccc(-n3ccnc3)c2)=Nc2cc(CO)c(C#Cc3ccccc3)cc2N1. The van der Waals surface area contributed by atoms with Gasteiger partial charge >= 0.3 is 0 Å². The van der Waals surface area contributed by atoms with Crippen LogP contribution in [0.3, 0.4) is 0 Å². The highest BCUT2D eigenvalue weighted by Crippen LogP contribution is 2.32. The normalized spacial score (nSPS) is 12.6. The lowest BCUT2D eigenvalue weighted by Gasteiger charge is -2.09. The first-order valence-corrected chi connectivity index (χ1v) is 10.5. The van der Waals surface area contributed by atoms with Crippen molar-refractivity contribution in [2.24, 2.45) is 4.99 Å². The smallest absolute Gasteiger partial charge is 0.230 e. The topological polar surface area (TPSA) is 79.5 Å². The Kier molecular flexibility index (Phi) is 5.54. The number of aromatic nitrogens is 2. The van der Waals surface area contributed by atoms with E-state index in [4.69, 9.17) is 4.99 Å². The molecule has 0 unspecified atom stereocenters. The third kappa shape index (κ3) is 4.45. The van der Waals surface area contributed by atoms with Gasteiger partial charge in [0.2, 0.25) is 5.91 Å². The summed E-state index contributed by atoms with van der Waals surface area (Å²) in [6.45, 7) is -0.180. The van der Waals surface area contributed by atoms with Crippen molar-refractivity contribution in [3.63, 3.8) is 0 Å². The first-order valence-electron chi connectivity index (χ1n) is 10.5. The number of benzene rings is 3. The summed E-state index contributed by atoms with van der Waals surface area (Å²) >= 11 is 0. The molecular weight excluding hydrogens is 412 g/mol. The zero-order chi connectivity index (χ0) is 22.6. The summed E-state index contributed by atoms with van der Waals surface area (Å²) in [5.74, 6) is 6.07. The molecule has 0 fully saturated rings. The maximum atomic E-state index is 12.7. The van der Waals surface area contributed by atoms with Crippen LogP contribution in [0.25, 0.3) is 5.69 Å². The van der Waals surface area contributed by atoms with Crippen molar-refractivity contribution >= 4 is 23.0 Å². The van der Waals surface area contributed by atoms with Crippen LogP contribution < -0.4 is 5.32 Å². The number of aliphatic hydroxyl groups excluding tert-OH is 1. The minimum Gasteiger partial charge on any atom is -0.392 e. The van der Waals surface area contributed by atoms with Gasteiger partial charge in [-0.15, -0.1) is 0 Å². The molecule has 1 aromatic heterocycles. The van der Waals surface area contributed by atoms with Crippen molar-refractivity contribution < 1.29 is 9.90 Å². The molecule has 6 heteroatoms. The lowest BCUT2D eigenvalue weighted by atomic mass is 10.0. The minimum atomic E-state index is -0.180. The fourth-order valence-corrected chi connectivity index (χ4v) is 3.69. The van der Waals surface area contributed by atoms with Gasteiger partial charge in [-0.25, -0.2) is 4.98 Å². The number of fused-ring (bicyclic) bond motifs is 1. The predicted molar refractivity (Wildman–Crippen MR) is 128 cm³/mol. The summed E-state index contributed by atoms with van der Waals surface area (Å²) in [6, 6.07) is 21.0. The second kappa shape index (κ2) is 8.95. The van der Waals surface area contributed by atoms with Gasteiger partial charge in [-0.05, 0) is 47.5 Å². The van der Waals surface area contributed by atoms with E-state index in [1.807, 2.05) is 65.4 Å². The molecule has 160 valence electrons. The summed E-state index contributed by atoms with van der Waals surface area (Å²) in [4.78, 5) is 21.6. The van der Waals surface area contributed by atoms with E-state index in [1.165, 1.54) is 0 Å². The molecule has 0 bridgehead atoms. The van der Waals surface area contributed by atoms with Gasteiger partial charge < -0.3 is 15.0 Å². The Morgan fingerprint density at radius 1 is 1.03 bits per heavy atom. The van der Waals surface area contributed by atoms with Crippen LogP contribution in [0.5, 0.6) is 0 Å². The number of hydrogen-bond acceptors (Lipinski definition) is 4. The van der Waals surface area contributed by atoms with E-state index in [0.717, 1.165) is 16.8 Å². The molecule has 0 atom stereocenters. The van der Waals surface area contributed by atoms with Gasteiger partial charge in [-0.2, -0.15) is 0 Å². The fourth-order valence-electron chi connectivity index (χ4n) is 3.69. The van der Waals surface area contributed by atoms with Crippen LogP contribution >= 0.6 is 0 Å². The van der Waals surface area contributed by atoms with Gasteiger partial charge in [-0.1, -0.05) is 42.2 Å². The zero-order valence-electron chi connectivity index (χ0n) is 17.7. The third-order valence-electron chi connectivity index (χ3n) is 5.35. The Morgan fingerprint density at radius 2 is 1.91 bits per heavy atom. The van der Waals surface area contributed by atoms with Crippen molar-refractivity contribution in [1.82, 2.24) is 9.55 Å². The predicted octanol–water partition coefficient (Wildman–Crippen LogP) is 4.23. The second-order valence-corrected chi connectivity index (χ2v) is 7.60. The number of nitrogens with zero attached hydrogens (tertiary/aromatic N) is 3.